The lowest BCUT2D eigenvalue weighted by Gasteiger charge is -2.32. The van der Waals surface area contributed by atoms with Gasteiger partial charge in [-0.15, -0.1) is 0 Å². The summed E-state index contributed by atoms with van der Waals surface area (Å²) in [4.78, 5) is 14.5. The van der Waals surface area contributed by atoms with E-state index in [-0.39, 0.29) is 12.0 Å². The van der Waals surface area contributed by atoms with Crippen LogP contribution in [0.5, 0.6) is 0 Å². The Hall–Kier alpha value is -1.55. The third-order valence-corrected chi connectivity index (χ3v) is 3.74. The topological polar surface area (TPSA) is 41.6 Å². The number of likely N-dealkylation sites (tertiary alicyclic amines) is 1. The minimum atomic E-state index is 0.114. The lowest BCUT2D eigenvalue weighted by Crippen LogP contribution is -2.43. The monoisotopic (exact) mass is 290 g/mol. The normalized spacial score (nSPS) is 18.6. The molecule has 1 aliphatic heterocycles. The number of anilines is 1. The Labute approximate surface area is 127 Å². The summed E-state index contributed by atoms with van der Waals surface area (Å²) in [6, 6.07) is 7.73. The van der Waals surface area contributed by atoms with Gasteiger partial charge in [-0.1, -0.05) is 6.92 Å². The predicted octanol–water partition coefficient (Wildman–Crippen LogP) is 3.15. The van der Waals surface area contributed by atoms with E-state index in [1.165, 1.54) is 0 Å². The molecule has 1 aromatic rings. The summed E-state index contributed by atoms with van der Waals surface area (Å²) in [6.07, 6.45) is 3.30. The van der Waals surface area contributed by atoms with Crippen LogP contribution in [0.25, 0.3) is 0 Å². The molecule has 1 N–H and O–H groups in total. The van der Waals surface area contributed by atoms with E-state index in [0.717, 1.165) is 50.2 Å². The Balaban J connectivity index is 1.95. The molecule has 1 aromatic carbocycles. The largest absolute Gasteiger partial charge is 0.385 e. The Kier molecular flexibility index (Phi) is 6.05. The van der Waals surface area contributed by atoms with E-state index in [1.54, 1.807) is 0 Å². The van der Waals surface area contributed by atoms with Gasteiger partial charge in [-0.25, -0.2) is 0 Å². The number of nitrogens with one attached hydrogen (secondary N) is 1. The lowest BCUT2D eigenvalue weighted by atomic mass is 10.1. The molecule has 0 spiro atoms. The van der Waals surface area contributed by atoms with E-state index in [9.17, 15) is 4.79 Å². The number of carbonyl (C=O) groups excluding carboxylic acids is 1. The molecular weight excluding hydrogens is 264 g/mol. The predicted molar refractivity (Wildman–Crippen MR) is 85.8 cm³/mol. The van der Waals surface area contributed by atoms with E-state index in [2.05, 4.69) is 19.2 Å². The zero-order valence-electron chi connectivity index (χ0n) is 13.1. The molecule has 0 aliphatic carbocycles. The summed E-state index contributed by atoms with van der Waals surface area (Å²) >= 11 is 0. The number of nitrogens with zero attached hydrogens (tertiary/aromatic N) is 1. The average Bonchev–Trinajstić information content (AvgIpc) is 2.53. The van der Waals surface area contributed by atoms with Crippen LogP contribution in [0.15, 0.2) is 24.3 Å². The molecule has 1 fully saturated rings. The van der Waals surface area contributed by atoms with Gasteiger partial charge in [0.25, 0.3) is 5.91 Å². The number of rotatable bonds is 6. The quantitative estimate of drug-likeness (QED) is 0.875. The van der Waals surface area contributed by atoms with Crippen LogP contribution in [-0.2, 0) is 4.74 Å². The first-order valence-electron chi connectivity index (χ1n) is 7.99. The Bertz CT molecular complexity index is 445. The zero-order chi connectivity index (χ0) is 15.1. The zero-order valence-corrected chi connectivity index (χ0v) is 13.1. The van der Waals surface area contributed by atoms with Gasteiger partial charge in [-0.05, 0) is 50.5 Å². The molecule has 1 heterocycles. The van der Waals surface area contributed by atoms with Crippen LogP contribution in [0.4, 0.5) is 5.69 Å². The highest BCUT2D eigenvalue weighted by molar-refractivity contribution is 5.94. The molecule has 4 nitrogen and oxygen atoms in total. The van der Waals surface area contributed by atoms with Crippen LogP contribution in [0, 0.1) is 0 Å². The molecule has 1 atom stereocenters. The fourth-order valence-corrected chi connectivity index (χ4v) is 2.66. The molecule has 1 amide bonds. The van der Waals surface area contributed by atoms with Crippen LogP contribution in [0.1, 0.15) is 43.5 Å². The van der Waals surface area contributed by atoms with Gasteiger partial charge in [0.1, 0.15) is 0 Å². The summed E-state index contributed by atoms with van der Waals surface area (Å²) in [7, 11) is 0. The third-order valence-electron chi connectivity index (χ3n) is 3.74. The van der Waals surface area contributed by atoms with Crippen LogP contribution in [-0.4, -0.2) is 43.2 Å². The van der Waals surface area contributed by atoms with Gasteiger partial charge >= 0.3 is 0 Å². The highest BCUT2D eigenvalue weighted by atomic mass is 16.5. The van der Waals surface area contributed by atoms with Gasteiger partial charge in [0.05, 0.1) is 6.10 Å². The molecule has 116 valence electrons. The summed E-state index contributed by atoms with van der Waals surface area (Å²) in [5, 5.41) is 3.24. The smallest absolute Gasteiger partial charge is 0.253 e. The number of amides is 1. The summed E-state index contributed by atoms with van der Waals surface area (Å²) in [6.45, 7) is 7.38. The Morgan fingerprint density at radius 2 is 2.10 bits per heavy atom. The molecule has 0 radical (unpaired) electrons. The van der Waals surface area contributed by atoms with Gasteiger partial charge in [-0.3, -0.25) is 4.79 Å². The highest BCUT2D eigenvalue weighted by Gasteiger charge is 2.24. The van der Waals surface area contributed by atoms with Crippen LogP contribution >= 0.6 is 0 Å². The van der Waals surface area contributed by atoms with Crippen molar-refractivity contribution in [2.24, 2.45) is 0 Å². The molecule has 1 unspecified atom stereocenters. The first-order valence-corrected chi connectivity index (χ1v) is 7.99. The minimum Gasteiger partial charge on any atom is -0.385 e. The molecule has 1 saturated heterocycles. The van der Waals surface area contributed by atoms with Crippen molar-refractivity contribution in [2.75, 3.05) is 31.6 Å². The second-order valence-electron chi connectivity index (χ2n) is 5.49. The van der Waals surface area contributed by atoms with Crippen molar-refractivity contribution in [3.63, 3.8) is 0 Å². The SMILES string of the molecule is CCCOC1CCCN(C(=O)c2ccc(NCC)cc2)C1. The first kappa shape index (κ1) is 15.8. The summed E-state index contributed by atoms with van der Waals surface area (Å²) in [5.41, 5.74) is 1.81. The first-order chi connectivity index (χ1) is 10.2. The number of hydrogen-bond acceptors (Lipinski definition) is 3. The Morgan fingerprint density at radius 3 is 2.76 bits per heavy atom. The molecular formula is C17H26N2O2. The number of carbonyl (C=O) groups is 1. The van der Waals surface area contributed by atoms with Crippen molar-refractivity contribution in [3.05, 3.63) is 29.8 Å². The fourth-order valence-electron chi connectivity index (χ4n) is 2.66. The summed E-state index contributed by atoms with van der Waals surface area (Å²) in [5.74, 6) is 0.114. The van der Waals surface area contributed by atoms with Crippen molar-refractivity contribution in [1.29, 1.82) is 0 Å². The third kappa shape index (κ3) is 4.46. The summed E-state index contributed by atoms with van der Waals surface area (Å²) < 4.78 is 5.80. The van der Waals surface area contributed by atoms with Gasteiger partial charge < -0.3 is 15.0 Å². The molecule has 0 saturated carbocycles. The lowest BCUT2D eigenvalue weighted by molar-refractivity contribution is 0.00211. The van der Waals surface area contributed by atoms with Crippen molar-refractivity contribution in [3.8, 4) is 0 Å². The molecule has 2 rings (SSSR count). The second kappa shape index (κ2) is 8.03. The van der Waals surface area contributed by atoms with Gasteiger partial charge in [-0.2, -0.15) is 0 Å². The number of ether oxygens (including phenoxy) is 1. The van der Waals surface area contributed by atoms with Crippen LogP contribution in [0.2, 0.25) is 0 Å². The van der Waals surface area contributed by atoms with Gasteiger partial charge in [0.2, 0.25) is 0 Å². The fraction of sp³-hybridized carbons (Fsp3) is 0.588. The van der Waals surface area contributed by atoms with E-state index in [1.807, 2.05) is 29.2 Å². The standard InChI is InChI=1S/C17H26N2O2/c1-3-12-21-16-6-5-11-19(13-16)17(20)14-7-9-15(10-8-14)18-4-2/h7-10,16,18H,3-6,11-13H2,1-2H3. The maximum Gasteiger partial charge on any atom is 0.253 e. The Morgan fingerprint density at radius 1 is 1.33 bits per heavy atom. The molecule has 21 heavy (non-hydrogen) atoms. The van der Waals surface area contributed by atoms with Crippen molar-refractivity contribution >= 4 is 11.6 Å². The maximum atomic E-state index is 12.5. The van der Waals surface area contributed by atoms with Crippen molar-refractivity contribution in [2.45, 2.75) is 39.2 Å². The van der Waals surface area contributed by atoms with Crippen molar-refractivity contribution < 1.29 is 9.53 Å². The maximum absolute atomic E-state index is 12.5. The second-order valence-corrected chi connectivity index (χ2v) is 5.49. The number of piperidine rings is 1. The number of benzene rings is 1. The average molecular weight is 290 g/mol. The van der Waals surface area contributed by atoms with Crippen LogP contribution < -0.4 is 5.32 Å². The molecule has 0 aromatic heterocycles. The van der Waals surface area contributed by atoms with Crippen LogP contribution in [0.3, 0.4) is 0 Å². The van der Waals surface area contributed by atoms with Gasteiger partial charge in [0.15, 0.2) is 0 Å². The van der Waals surface area contributed by atoms with E-state index >= 15 is 0 Å². The highest BCUT2D eigenvalue weighted by Crippen LogP contribution is 2.17. The van der Waals surface area contributed by atoms with Crippen molar-refractivity contribution in [1.82, 2.24) is 4.90 Å². The van der Waals surface area contributed by atoms with E-state index < -0.39 is 0 Å². The molecule has 4 heteroatoms. The molecule has 0 bridgehead atoms. The number of hydrogen-bond donors (Lipinski definition) is 1. The van der Waals surface area contributed by atoms with Gasteiger partial charge in [0, 0.05) is 37.5 Å². The van der Waals surface area contributed by atoms with E-state index in [0.29, 0.717) is 6.54 Å². The van der Waals surface area contributed by atoms with E-state index in [4.69, 9.17) is 4.74 Å². The molecule has 1 aliphatic rings. The minimum absolute atomic E-state index is 0.114.